The van der Waals surface area contributed by atoms with Gasteiger partial charge < -0.3 is 14.2 Å². The summed E-state index contributed by atoms with van der Waals surface area (Å²) in [7, 11) is -2.90. The summed E-state index contributed by atoms with van der Waals surface area (Å²) < 4.78 is 24.1. The average Bonchev–Trinajstić information content (AvgIpc) is 3.23. The Kier molecular flexibility index (Phi) is 7.61. The van der Waals surface area contributed by atoms with Gasteiger partial charge in [-0.15, -0.1) is 0 Å². The molecule has 0 spiro atoms. The standard InChI is InChI=1S/C28H28ClN2O3P/c1-5-9-19(6-2)20-12-14-21(15-13-20)24-17-26-27(18-25(24)29)31-28(30-26)34-22-10-8-11-23(16-22)35(4,32)33-7-3/h5-6,8-12,14,16-18H,1-2,7,13,15H2,3-4H3,(H,30,31)/b19-9+. The number of aromatic amines is 1. The molecule has 4 rings (SSSR count). The van der Waals surface area contributed by atoms with E-state index >= 15 is 0 Å². The van der Waals surface area contributed by atoms with Crippen LogP contribution in [0, 0.1) is 0 Å². The number of allylic oxidation sites excluding steroid dienone is 8. The lowest BCUT2D eigenvalue weighted by Crippen LogP contribution is -2.06. The first kappa shape index (κ1) is 25.0. The van der Waals surface area contributed by atoms with Crippen LogP contribution in [0.3, 0.4) is 0 Å². The summed E-state index contributed by atoms with van der Waals surface area (Å²) >= 11 is 6.65. The van der Waals surface area contributed by atoms with Crippen molar-refractivity contribution >= 4 is 40.9 Å². The van der Waals surface area contributed by atoms with Gasteiger partial charge in [0.2, 0.25) is 7.37 Å². The average molecular weight is 507 g/mol. The Bertz CT molecular complexity index is 1430. The number of nitrogens with one attached hydrogen (secondary N) is 1. The lowest BCUT2D eigenvalue weighted by Gasteiger charge is -2.16. The van der Waals surface area contributed by atoms with E-state index in [1.165, 1.54) is 5.57 Å². The topological polar surface area (TPSA) is 64.2 Å². The first-order chi connectivity index (χ1) is 16.8. The second-order valence-electron chi connectivity index (χ2n) is 8.20. The minimum Gasteiger partial charge on any atom is -0.426 e. The van der Waals surface area contributed by atoms with Crippen LogP contribution in [0.2, 0.25) is 5.02 Å². The lowest BCUT2D eigenvalue weighted by molar-refractivity contribution is 0.344. The van der Waals surface area contributed by atoms with Crippen LogP contribution in [-0.2, 0) is 9.09 Å². The molecule has 1 aliphatic carbocycles. The third-order valence-corrected chi connectivity index (χ3v) is 8.09. The smallest absolute Gasteiger partial charge is 0.300 e. The molecular formula is C28H28ClN2O3P. The Morgan fingerprint density at radius 2 is 2.06 bits per heavy atom. The number of H-pyrrole nitrogens is 1. The van der Waals surface area contributed by atoms with Crippen molar-refractivity contribution in [2.75, 3.05) is 13.3 Å². The van der Waals surface area contributed by atoms with Gasteiger partial charge in [0.25, 0.3) is 6.01 Å². The zero-order valence-corrected chi connectivity index (χ0v) is 21.5. The van der Waals surface area contributed by atoms with Gasteiger partial charge in [-0.1, -0.05) is 61.2 Å². The number of aromatic nitrogens is 2. The summed E-state index contributed by atoms with van der Waals surface area (Å²) in [4.78, 5) is 7.77. The number of hydrogen-bond donors (Lipinski definition) is 1. The highest BCUT2D eigenvalue weighted by atomic mass is 35.5. The summed E-state index contributed by atoms with van der Waals surface area (Å²) in [5.41, 5.74) is 5.92. The van der Waals surface area contributed by atoms with Gasteiger partial charge in [0.05, 0.1) is 22.7 Å². The Morgan fingerprint density at radius 1 is 1.23 bits per heavy atom. The molecule has 0 radical (unpaired) electrons. The first-order valence-electron chi connectivity index (χ1n) is 11.4. The summed E-state index contributed by atoms with van der Waals surface area (Å²) in [6.45, 7) is 11.5. The molecule has 0 fully saturated rings. The van der Waals surface area contributed by atoms with E-state index in [9.17, 15) is 4.57 Å². The molecule has 5 nitrogen and oxygen atoms in total. The molecular weight excluding hydrogens is 479 g/mol. The number of benzene rings is 2. The summed E-state index contributed by atoms with van der Waals surface area (Å²) in [5.74, 6) is 0.521. The van der Waals surface area contributed by atoms with Gasteiger partial charge in [-0.2, -0.15) is 4.98 Å². The van der Waals surface area contributed by atoms with Crippen LogP contribution in [0.4, 0.5) is 0 Å². The molecule has 0 saturated carbocycles. The SMILES string of the molecule is C=C/C=C(\C=C)C1=CC=C(c2cc3nc(Oc4cccc(P(C)(=O)OCC)c4)[nH]c3cc2Cl)CC1. The number of fused-ring (bicyclic) bond motifs is 1. The van der Waals surface area contributed by atoms with E-state index in [0.717, 1.165) is 40.6 Å². The Balaban J connectivity index is 1.61. The number of halogens is 1. The molecule has 1 atom stereocenters. The minimum absolute atomic E-state index is 0.331. The molecule has 0 aliphatic heterocycles. The second kappa shape index (κ2) is 10.7. The van der Waals surface area contributed by atoms with E-state index in [0.29, 0.717) is 28.7 Å². The van der Waals surface area contributed by atoms with Crippen LogP contribution in [0.15, 0.2) is 91.1 Å². The minimum atomic E-state index is -2.90. The largest absolute Gasteiger partial charge is 0.426 e. The van der Waals surface area contributed by atoms with E-state index in [1.54, 1.807) is 37.0 Å². The molecule has 1 heterocycles. The fourth-order valence-electron chi connectivity index (χ4n) is 4.07. The Hall–Kier alpha value is -3.11. The van der Waals surface area contributed by atoms with Crippen molar-refractivity contribution in [3.05, 3.63) is 102 Å². The molecule has 3 aromatic rings. The second-order valence-corrected chi connectivity index (χ2v) is 11.1. The molecule has 1 N–H and O–H groups in total. The van der Waals surface area contributed by atoms with Crippen LogP contribution in [-0.4, -0.2) is 23.2 Å². The normalized spacial score (nSPS) is 15.8. The van der Waals surface area contributed by atoms with Crippen LogP contribution >= 0.6 is 19.0 Å². The predicted octanol–water partition coefficient (Wildman–Crippen LogP) is 7.98. The van der Waals surface area contributed by atoms with Gasteiger partial charge >= 0.3 is 0 Å². The number of rotatable bonds is 9. The number of hydrogen-bond acceptors (Lipinski definition) is 4. The Morgan fingerprint density at radius 3 is 2.74 bits per heavy atom. The molecule has 180 valence electrons. The van der Waals surface area contributed by atoms with E-state index in [4.69, 9.17) is 20.9 Å². The molecule has 2 aromatic carbocycles. The third-order valence-electron chi connectivity index (χ3n) is 5.81. The van der Waals surface area contributed by atoms with Crippen LogP contribution < -0.4 is 10.0 Å². The van der Waals surface area contributed by atoms with Crippen molar-refractivity contribution in [3.63, 3.8) is 0 Å². The van der Waals surface area contributed by atoms with E-state index in [-0.39, 0.29) is 0 Å². The fourth-order valence-corrected chi connectivity index (χ4v) is 5.71. The van der Waals surface area contributed by atoms with Crippen LogP contribution in [0.5, 0.6) is 11.8 Å². The summed E-state index contributed by atoms with van der Waals surface area (Å²) in [6.07, 6.45) is 11.5. The number of nitrogens with zero attached hydrogens (tertiary/aromatic N) is 1. The van der Waals surface area contributed by atoms with E-state index in [2.05, 4.69) is 35.3 Å². The summed E-state index contributed by atoms with van der Waals surface area (Å²) in [5, 5.41) is 1.24. The van der Waals surface area contributed by atoms with E-state index in [1.807, 2.05) is 31.2 Å². The zero-order chi connectivity index (χ0) is 25.0. The lowest BCUT2D eigenvalue weighted by atomic mass is 9.89. The van der Waals surface area contributed by atoms with Crippen molar-refractivity contribution in [3.8, 4) is 11.8 Å². The highest BCUT2D eigenvalue weighted by Gasteiger charge is 2.20. The zero-order valence-electron chi connectivity index (χ0n) is 19.9. The molecule has 0 amide bonds. The molecule has 0 saturated heterocycles. The molecule has 7 heteroatoms. The summed E-state index contributed by atoms with van der Waals surface area (Å²) in [6, 6.07) is 11.2. The van der Waals surface area contributed by atoms with Crippen LogP contribution in [0.25, 0.3) is 16.6 Å². The van der Waals surface area contributed by atoms with Crippen molar-refractivity contribution in [1.82, 2.24) is 9.97 Å². The van der Waals surface area contributed by atoms with E-state index < -0.39 is 7.37 Å². The van der Waals surface area contributed by atoms with Crippen molar-refractivity contribution in [2.45, 2.75) is 19.8 Å². The third kappa shape index (κ3) is 5.59. The Labute approximate surface area is 211 Å². The fraction of sp³-hybridized carbons (Fsp3) is 0.179. The predicted molar refractivity (Wildman–Crippen MR) is 146 cm³/mol. The highest BCUT2D eigenvalue weighted by Crippen LogP contribution is 2.42. The van der Waals surface area contributed by atoms with Gasteiger partial charge in [-0.25, -0.2) is 0 Å². The van der Waals surface area contributed by atoms with Gasteiger partial charge in [0.1, 0.15) is 5.75 Å². The quantitative estimate of drug-likeness (QED) is 0.236. The molecule has 0 bridgehead atoms. The molecule has 1 aliphatic rings. The van der Waals surface area contributed by atoms with Gasteiger partial charge in [-0.3, -0.25) is 4.57 Å². The maximum atomic E-state index is 12.8. The van der Waals surface area contributed by atoms with Crippen LogP contribution in [0.1, 0.15) is 25.3 Å². The maximum Gasteiger partial charge on any atom is 0.300 e. The van der Waals surface area contributed by atoms with Gasteiger partial charge in [-0.05, 0) is 72.4 Å². The monoisotopic (exact) mass is 506 g/mol. The van der Waals surface area contributed by atoms with Crippen molar-refractivity contribution in [1.29, 1.82) is 0 Å². The van der Waals surface area contributed by atoms with Gasteiger partial charge in [0.15, 0.2) is 0 Å². The maximum absolute atomic E-state index is 12.8. The van der Waals surface area contributed by atoms with Gasteiger partial charge in [0, 0.05) is 12.0 Å². The van der Waals surface area contributed by atoms with Crippen molar-refractivity contribution < 1.29 is 13.8 Å². The first-order valence-corrected chi connectivity index (χ1v) is 13.8. The highest BCUT2D eigenvalue weighted by molar-refractivity contribution is 7.66. The van der Waals surface area contributed by atoms with Crippen molar-refractivity contribution in [2.24, 2.45) is 0 Å². The number of ether oxygens (including phenoxy) is 1. The molecule has 35 heavy (non-hydrogen) atoms. The molecule has 1 unspecified atom stereocenters. The molecule has 1 aromatic heterocycles. The number of imidazole rings is 1.